The average Bonchev–Trinajstić information content (AvgIpc) is 2.67. The molecule has 0 saturated heterocycles. The summed E-state index contributed by atoms with van der Waals surface area (Å²) in [4.78, 5) is 0. The number of hydrogen-bond donors (Lipinski definition) is 1. The predicted molar refractivity (Wildman–Crippen MR) is 63.9 cm³/mol. The molecule has 1 heteroatoms. The van der Waals surface area contributed by atoms with Crippen LogP contribution >= 0.6 is 0 Å². The van der Waals surface area contributed by atoms with Gasteiger partial charge in [0, 0.05) is 11.7 Å². The lowest BCUT2D eigenvalue weighted by Crippen LogP contribution is -2.30. The van der Waals surface area contributed by atoms with Gasteiger partial charge in [-0.2, -0.15) is 0 Å². The van der Waals surface area contributed by atoms with E-state index in [0.717, 1.165) is 17.9 Å². The van der Waals surface area contributed by atoms with Crippen LogP contribution in [-0.2, 0) is 0 Å². The van der Waals surface area contributed by atoms with Crippen LogP contribution < -0.4 is 5.32 Å². The van der Waals surface area contributed by atoms with Gasteiger partial charge in [-0.1, -0.05) is 24.6 Å². The molecule has 2 fully saturated rings. The number of fused-ring (bicyclic) bond motifs is 2. The summed E-state index contributed by atoms with van der Waals surface area (Å²) in [7, 11) is 0. The van der Waals surface area contributed by atoms with Crippen LogP contribution in [0.2, 0.25) is 0 Å². The van der Waals surface area contributed by atoms with Gasteiger partial charge in [-0.3, -0.25) is 0 Å². The lowest BCUT2D eigenvalue weighted by molar-refractivity contribution is 0.330. The highest BCUT2D eigenvalue weighted by atomic mass is 14.9. The first kappa shape index (κ1) is 9.26. The summed E-state index contributed by atoms with van der Waals surface area (Å²) in [6.07, 6.45) is 7.24. The molecule has 3 atom stereocenters. The zero-order valence-corrected chi connectivity index (χ0v) is 9.15. The molecule has 0 radical (unpaired) electrons. The molecule has 1 nitrogen and oxygen atoms in total. The van der Waals surface area contributed by atoms with Gasteiger partial charge in [0.1, 0.15) is 0 Å². The van der Waals surface area contributed by atoms with Crippen molar-refractivity contribution in [2.75, 3.05) is 5.32 Å². The minimum Gasteiger partial charge on any atom is -0.382 e. The van der Waals surface area contributed by atoms with Gasteiger partial charge in [-0.05, 0) is 49.7 Å². The van der Waals surface area contributed by atoms with Crippen molar-refractivity contribution in [1.82, 2.24) is 0 Å². The second-order valence-corrected chi connectivity index (χ2v) is 5.13. The van der Waals surface area contributed by atoms with E-state index >= 15 is 0 Å². The maximum absolute atomic E-state index is 3.71. The van der Waals surface area contributed by atoms with Gasteiger partial charge >= 0.3 is 0 Å². The van der Waals surface area contributed by atoms with E-state index in [1.54, 1.807) is 0 Å². The third-order valence-electron chi connectivity index (χ3n) is 4.16. The number of rotatable bonds is 2. The van der Waals surface area contributed by atoms with E-state index < -0.39 is 0 Å². The SMILES string of the molecule is c1ccc(NC2CCC3CCC2C3)cc1. The van der Waals surface area contributed by atoms with Crippen molar-refractivity contribution >= 4 is 5.69 Å². The van der Waals surface area contributed by atoms with E-state index in [1.807, 2.05) is 0 Å². The van der Waals surface area contributed by atoms with Crippen LogP contribution in [0.1, 0.15) is 32.1 Å². The molecule has 3 rings (SSSR count). The summed E-state index contributed by atoms with van der Waals surface area (Å²) in [6.45, 7) is 0. The molecule has 2 bridgehead atoms. The standard InChI is InChI=1S/C14H19N/c1-2-4-13(5-3-1)15-14-9-7-11-6-8-12(14)10-11/h1-5,11-12,14-15H,6-10H2. The second-order valence-electron chi connectivity index (χ2n) is 5.13. The Morgan fingerprint density at radius 3 is 2.60 bits per heavy atom. The summed E-state index contributed by atoms with van der Waals surface area (Å²) in [5.41, 5.74) is 1.30. The minimum absolute atomic E-state index is 0.742. The lowest BCUT2D eigenvalue weighted by Gasteiger charge is -2.30. The van der Waals surface area contributed by atoms with Gasteiger partial charge < -0.3 is 5.32 Å². The van der Waals surface area contributed by atoms with Crippen molar-refractivity contribution in [2.24, 2.45) is 11.8 Å². The molecule has 15 heavy (non-hydrogen) atoms. The number of benzene rings is 1. The molecule has 1 aromatic carbocycles. The molecule has 1 aromatic rings. The Kier molecular flexibility index (Phi) is 2.40. The third kappa shape index (κ3) is 1.88. The van der Waals surface area contributed by atoms with Crippen molar-refractivity contribution in [2.45, 2.75) is 38.1 Å². The van der Waals surface area contributed by atoms with E-state index in [9.17, 15) is 0 Å². The molecule has 0 amide bonds. The molecule has 0 heterocycles. The Morgan fingerprint density at radius 1 is 0.933 bits per heavy atom. The van der Waals surface area contributed by atoms with Crippen molar-refractivity contribution < 1.29 is 0 Å². The van der Waals surface area contributed by atoms with Gasteiger partial charge in [-0.15, -0.1) is 0 Å². The number of hydrogen-bond acceptors (Lipinski definition) is 1. The molecule has 1 N–H and O–H groups in total. The highest BCUT2D eigenvalue weighted by molar-refractivity contribution is 5.43. The van der Waals surface area contributed by atoms with E-state index in [1.165, 1.54) is 37.8 Å². The van der Waals surface area contributed by atoms with Crippen LogP contribution in [0.25, 0.3) is 0 Å². The summed E-state index contributed by atoms with van der Waals surface area (Å²) in [6, 6.07) is 11.4. The second kappa shape index (κ2) is 3.88. The van der Waals surface area contributed by atoms with Crippen molar-refractivity contribution in [3.63, 3.8) is 0 Å². The first-order chi connectivity index (χ1) is 7.42. The number of anilines is 1. The van der Waals surface area contributed by atoms with Crippen LogP contribution in [0.3, 0.4) is 0 Å². The highest BCUT2D eigenvalue weighted by Gasteiger charge is 2.35. The molecular formula is C14H19N. The first-order valence-corrected chi connectivity index (χ1v) is 6.23. The van der Waals surface area contributed by atoms with Gasteiger partial charge in [-0.25, -0.2) is 0 Å². The van der Waals surface area contributed by atoms with Gasteiger partial charge in [0.2, 0.25) is 0 Å². The Labute approximate surface area is 91.9 Å². The molecule has 0 aliphatic heterocycles. The molecule has 2 aliphatic carbocycles. The minimum atomic E-state index is 0.742. The fourth-order valence-corrected chi connectivity index (χ4v) is 3.33. The normalized spacial score (nSPS) is 34.0. The summed E-state index contributed by atoms with van der Waals surface area (Å²) >= 11 is 0. The summed E-state index contributed by atoms with van der Waals surface area (Å²) in [5, 5.41) is 3.71. The Morgan fingerprint density at radius 2 is 1.73 bits per heavy atom. The van der Waals surface area contributed by atoms with E-state index in [0.29, 0.717) is 0 Å². The van der Waals surface area contributed by atoms with Crippen molar-refractivity contribution in [1.29, 1.82) is 0 Å². The maximum atomic E-state index is 3.71. The largest absolute Gasteiger partial charge is 0.382 e. The molecular weight excluding hydrogens is 182 g/mol. The predicted octanol–water partition coefficient (Wildman–Crippen LogP) is 3.68. The van der Waals surface area contributed by atoms with Crippen LogP contribution in [-0.4, -0.2) is 6.04 Å². The van der Waals surface area contributed by atoms with E-state index in [2.05, 4.69) is 35.6 Å². The van der Waals surface area contributed by atoms with Gasteiger partial charge in [0.05, 0.1) is 0 Å². The molecule has 0 spiro atoms. The lowest BCUT2D eigenvalue weighted by atomic mass is 9.85. The summed E-state index contributed by atoms with van der Waals surface area (Å²) < 4.78 is 0. The van der Waals surface area contributed by atoms with Crippen LogP contribution in [0.4, 0.5) is 5.69 Å². The average molecular weight is 201 g/mol. The van der Waals surface area contributed by atoms with Crippen LogP contribution in [0, 0.1) is 11.8 Å². The number of nitrogens with one attached hydrogen (secondary N) is 1. The monoisotopic (exact) mass is 201 g/mol. The smallest absolute Gasteiger partial charge is 0.0342 e. The van der Waals surface area contributed by atoms with E-state index in [4.69, 9.17) is 0 Å². The quantitative estimate of drug-likeness (QED) is 0.769. The van der Waals surface area contributed by atoms with E-state index in [-0.39, 0.29) is 0 Å². The molecule has 2 saturated carbocycles. The van der Waals surface area contributed by atoms with Gasteiger partial charge in [0.25, 0.3) is 0 Å². The third-order valence-corrected chi connectivity index (χ3v) is 4.16. The highest BCUT2D eigenvalue weighted by Crippen LogP contribution is 2.42. The van der Waals surface area contributed by atoms with Crippen LogP contribution in [0.15, 0.2) is 30.3 Å². The maximum Gasteiger partial charge on any atom is 0.0342 e. The van der Waals surface area contributed by atoms with Crippen LogP contribution in [0.5, 0.6) is 0 Å². The first-order valence-electron chi connectivity index (χ1n) is 6.23. The molecule has 2 aliphatic rings. The Bertz CT molecular complexity index is 319. The zero-order valence-electron chi connectivity index (χ0n) is 9.15. The van der Waals surface area contributed by atoms with Gasteiger partial charge in [0.15, 0.2) is 0 Å². The topological polar surface area (TPSA) is 12.0 Å². The fourth-order valence-electron chi connectivity index (χ4n) is 3.33. The molecule has 80 valence electrons. The fraction of sp³-hybridized carbons (Fsp3) is 0.571. The Balaban J connectivity index is 1.68. The van der Waals surface area contributed by atoms with Crippen molar-refractivity contribution in [3.05, 3.63) is 30.3 Å². The number of para-hydroxylation sites is 1. The Hall–Kier alpha value is -0.980. The van der Waals surface area contributed by atoms with Crippen molar-refractivity contribution in [3.8, 4) is 0 Å². The summed E-state index contributed by atoms with van der Waals surface area (Å²) in [5.74, 6) is 2.01. The molecule has 3 unspecified atom stereocenters. The zero-order chi connectivity index (χ0) is 10.1. The molecule has 0 aromatic heterocycles.